The van der Waals surface area contributed by atoms with Crippen LogP contribution >= 0.6 is 0 Å². The molecule has 2 aromatic carbocycles. The largest absolute Gasteiger partial charge is 0.505 e. The van der Waals surface area contributed by atoms with Crippen LogP contribution in [0.2, 0.25) is 0 Å². The quantitative estimate of drug-likeness (QED) is 0.754. The number of anilines is 1. The number of carbonyl (C=O) groups excluding carboxylic acids is 1. The Morgan fingerprint density at radius 1 is 1.10 bits per heavy atom. The molecule has 0 spiro atoms. The van der Waals surface area contributed by atoms with Gasteiger partial charge in [-0.1, -0.05) is 23.8 Å². The number of aryl methyl sites for hydroxylation is 1. The Kier molecular flexibility index (Phi) is 4.08. The molecule has 6 heteroatoms. The molecule has 108 valence electrons. The van der Waals surface area contributed by atoms with Crippen LogP contribution in [-0.2, 0) is 0 Å². The van der Waals surface area contributed by atoms with Gasteiger partial charge in [-0.15, -0.1) is 0 Å². The van der Waals surface area contributed by atoms with Crippen LogP contribution in [-0.4, -0.2) is 22.3 Å². The smallest absolute Gasteiger partial charge is 0.417 e. The molecule has 0 bridgehead atoms. The summed E-state index contributed by atoms with van der Waals surface area (Å²) in [6.07, 6.45) is -0.823. The molecule has 0 saturated heterocycles. The van der Waals surface area contributed by atoms with E-state index in [0.29, 0.717) is 5.75 Å². The van der Waals surface area contributed by atoms with Crippen LogP contribution in [0.5, 0.6) is 11.5 Å². The first-order chi connectivity index (χ1) is 9.97. The maximum atomic E-state index is 11.7. The molecule has 1 amide bonds. The second-order valence-electron chi connectivity index (χ2n) is 4.33. The minimum absolute atomic E-state index is 0.0352. The maximum Gasteiger partial charge on any atom is 0.417 e. The number of aromatic hydroxyl groups is 1. The maximum absolute atomic E-state index is 11.7. The molecular weight excluding hydrogens is 274 g/mol. The van der Waals surface area contributed by atoms with Crippen LogP contribution in [0.15, 0.2) is 42.5 Å². The van der Waals surface area contributed by atoms with Crippen LogP contribution < -0.4 is 10.1 Å². The van der Waals surface area contributed by atoms with Gasteiger partial charge in [-0.3, -0.25) is 5.32 Å². The number of rotatable bonds is 3. The normalized spacial score (nSPS) is 9.95. The van der Waals surface area contributed by atoms with Crippen molar-refractivity contribution in [2.24, 2.45) is 0 Å². The number of hydrogen-bond donors (Lipinski definition) is 3. The average Bonchev–Trinajstić information content (AvgIpc) is 2.43. The van der Waals surface area contributed by atoms with Crippen molar-refractivity contribution in [1.82, 2.24) is 0 Å². The van der Waals surface area contributed by atoms with E-state index in [1.807, 2.05) is 6.92 Å². The molecule has 0 aliphatic rings. The Labute approximate surface area is 120 Å². The number of carboxylic acid groups (broad SMARTS) is 1. The summed E-state index contributed by atoms with van der Waals surface area (Å²) in [7, 11) is 0. The predicted molar refractivity (Wildman–Crippen MR) is 75.9 cm³/mol. The highest BCUT2D eigenvalue weighted by molar-refractivity contribution is 5.96. The van der Waals surface area contributed by atoms with Crippen molar-refractivity contribution in [2.75, 3.05) is 5.32 Å². The minimum Gasteiger partial charge on any atom is -0.505 e. The van der Waals surface area contributed by atoms with Gasteiger partial charge in [0.05, 0.1) is 5.69 Å². The summed E-state index contributed by atoms with van der Waals surface area (Å²) in [5, 5.41) is 20.9. The summed E-state index contributed by atoms with van der Waals surface area (Å²) < 4.78 is 5.02. The number of benzene rings is 2. The van der Waals surface area contributed by atoms with Gasteiger partial charge in [0.25, 0.3) is 0 Å². The number of carboxylic acids is 1. The van der Waals surface area contributed by atoms with Gasteiger partial charge in [-0.2, -0.15) is 0 Å². The fourth-order valence-electron chi connectivity index (χ4n) is 1.67. The zero-order valence-electron chi connectivity index (χ0n) is 11.2. The second-order valence-corrected chi connectivity index (χ2v) is 4.33. The minimum atomic E-state index is -1.29. The summed E-state index contributed by atoms with van der Waals surface area (Å²) in [5.41, 5.74) is 0.685. The van der Waals surface area contributed by atoms with Crippen LogP contribution in [0.4, 0.5) is 10.5 Å². The van der Waals surface area contributed by atoms with Gasteiger partial charge >= 0.3 is 12.1 Å². The Morgan fingerprint density at radius 3 is 2.38 bits per heavy atom. The first-order valence-electron chi connectivity index (χ1n) is 6.08. The average molecular weight is 287 g/mol. The third kappa shape index (κ3) is 3.50. The topological polar surface area (TPSA) is 95.9 Å². The van der Waals surface area contributed by atoms with Crippen molar-refractivity contribution < 1.29 is 24.5 Å². The van der Waals surface area contributed by atoms with Crippen LogP contribution in [0.3, 0.4) is 0 Å². The number of aromatic carboxylic acids is 1. The van der Waals surface area contributed by atoms with Crippen LogP contribution in [0.25, 0.3) is 0 Å². The van der Waals surface area contributed by atoms with E-state index < -0.39 is 17.8 Å². The lowest BCUT2D eigenvalue weighted by Gasteiger charge is -2.09. The van der Waals surface area contributed by atoms with E-state index in [0.717, 1.165) is 5.56 Å². The third-order valence-corrected chi connectivity index (χ3v) is 2.73. The SMILES string of the molecule is Cc1ccc(OC(=O)Nc2cccc(C(=O)O)c2O)cc1. The highest BCUT2D eigenvalue weighted by Crippen LogP contribution is 2.27. The Bertz CT molecular complexity index is 679. The van der Waals surface area contributed by atoms with Gasteiger partial charge in [0.2, 0.25) is 0 Å². The monoisotopic (exact) mass is 287 g/mol. The number of para-hydroxylation sites is 1. The second kappa shape index (κ2) is 5.96. The Morgan fingerprint density at radius 2 is 1.76 bits per heavy atom. The van der Waals surface area contributed by atoms with Gasteiger partial charge in [-0.05, 0) is 31.2 Å². The van der Waals surface area contributed by atoms with Crippen LogP contribution in [0.1, 0.15) is 15.9 Å². The summed E-state index contributed by atoms with van der Waals surface area (Å²) >= 11 is 0. The molecule has 6 nitrogen and oxygen atoms in total. The third-order valence-electron chi connectivity index (χ3n) is 2.73. The van der Waals surface area contributed by atoms with E-state index in [1.165, 1.54) is 18.2 Å². The molecule has 3 N–H and O–H groups in total. The van der Waals surface area contributed by atoms with Gasteiger partial charge in [-0.25, -0.2) is 9.59 Å². The molecule has 21 heavy (non-hydrogen) atoms. The Hall–Kier alpha value is -3.02. The summed E-state index contributed by atoms with van der Waals surface area (Å²) in [4.78, 5) is 22.6. The lowest BCUT2D eigenvalue weighted by molar-refractivity contribution is 0.0693. The standard InChI is InChI=1S/C15H13NO5/c1-9-5-7-10(8-6-9)21-15(20)16-12-4-2-3-11(13(12)17)14(18)19/h2-8,17H,1H3,(H,16,20)(H,18,19). The lowest BCUT2D eigenvalue weighted by atomic mass is 10.2. The zero-order chi connectivity index (χ0) is 15.4. The number of amides is 1. The summed E-state index contributed by atoms with van der Waals surface area (Å²) in [6, 6.07) is 10.8. The summed E-state index contributed by atoms with van der Waals surface area (Å²) in [6.45, 7) is 1.90. The van der Waals surface area contributed by atoms with E-state index in [2.05, 4.69) is 5.32 Å². The number of hydrogen-bond acceptors (Lipinski definition) is 4. The fourth-order valence-corrected chi connectivity index (χ4v) is 1.67. The van der Waals surface area contributed by atoms with E-state index >= 15 is 0 Å². The Balaban J connectivity index is 2.11. The van der Waals surface area contributed by atoms with Gasteiger partial charge in [0.15, 0.2) is 5.75 Å². The van der Waals surface area contributed by atoms with Gasteiger partial charge in [0.1, 0.15) is 11.3 Å². The fraction of sp³-hybridized carbons (Fsp3) is 0.0667. The number of nitrogens with one attached hydrogen (secondary N) is 1. The number of carbonyl (C=O) groups is 2. The molecule has 0 aromatic heterocycles. The van der Waals surface area contributed by atoms with E-state index in [-0.39, 0.29) is 11.3 Å². The molecule has 0 fully saturated rings. The van der Waals surface area contributed by atoms with Gasteiger partial charge < -0.3 is 14.9 Å². The number of phenols is 1. The molecule has 0 aliphatic heterocycles. The van der Waals surface area contributed by atoms with Crippen molar-refractivity contribution >= 4 is 17.7 Å². The van der Waals surface area contributed by atoms with Gasteiger partial charge in [0, 0.05) is 0 Å². The first kappa shape index (κ1) is 14.4. The number of ether oxygens (including phenoxy) is 1. The zero-order valence-corrected chi connectivity index (χ0v) is 11.2. The van der Waals surface area contributed by atoms with Crippen molar-refractivity contribution in [3.05, 3.63) is 53.6 Å². The molecule has 0 unspecified atom stereocenters. The predicted octanol–water partition coefficient (Wildman–Crippen LogP) is 3.01. The molecule has 2 rings (SSSR count). The van der Waals surface area contributed by atoms with E-state index in [9.17, 15) is 14.7 Å². The molecule has 0 heterocycles. The molecular formula is C15H13NO5. The molecule has 2 aromatic rings. The highest BCUT2D eigenvalue weighted by atomic mass is 16.6. The first-order valence-corrected chi connectivity index (χ1v) is 6.08. The molecule has 0 aliphatic carbocycles. The highest BCUT2D eigenvalue weighted by Gasteiger charge is 2.15. The van der Waals surface area contributed by atoms with Crippen molar-refractivity contribution in [3.8, 4) is 11.5 Å². The molecule has 0 atom stereocenters. The van der Waals surface area contributed by atoms with Crippen LogP contribution in [0, 0.1) is 6.92 Å². The molecule has 0 radical (unpaired) electrons. The van der Waals surface area contributed by atoms with Crippen molar-refractivity contribution in [3.63, 3.8) is 0 Å². The van der Waals surface area contributed by atoms with Crippen molar-refractivity contribution in [1.29, 1.82) is 0 Å². The summed E-state index contributed by atoms with van der Waals surface area (Å²) in [5.74, 6) is -1.47. The molecule has 0 saturated carbocycles. The lowest BCUT2D eigenvalue weighted by Crippen LogP contribution is -2.17. The van der Waals surface area contributed by atoms with E-state index in [4.69, 9.17) is 9.84 Å². The van der Waals surface area contributed by atoms with E-state index in [1.54, 1.807) is 24.3 Å². The van der Waals surface area contributed by atoms with Crippen molar-refractivity contribution in [2.45, 2.75) is 6.92 Å².